The maximum atomic E-state index is 6.16. The van der Waals surface area contributed by atoms with E-state index in [4.69, 9.17) is 15.2 Å². The van der Waals surface area contributed by atoms with Gasteiger partial charge in [-0.25, -0.2) is 4.98 Å². The average molecular weight is 261 g/mol. The third kappa shape index (κ3) is 2.56. The number of methoxy groups -OCH3 is 2. The monoisotopic (exact) mass is 261 g/mol. The molecule has 0 spiro atoms. The SMILES string of the molecule is COc1ccc(-n2cncc2C(C)(C)N)c(OC)c1. The van der Waals surface area contributed by atoms with Crippen molar-refractivity contribution in [2.75, 3.05) is 14.2 Å². The molecule has 0 saturated carbocycles. The van der Waals surface area contributed by atoms with Crippen LogP contribution in [0.25, 0.3) is 5.69 Å². The van der Waals surface area contributed by atoms with E-state index < -0.39 is 5.54 Å². The van der Waals surface area contributed by atoms with Crippen LogP contribution in [0.3, 0.4) is 0 Å². The number of ether oxygens (including phenoxy) is 2. The number of rotatable bonds is 4. The normalized spacial score (nSPS) is 11.4. The Morgan fingerprint density at radius 3 is 2.53 bits per heavy atom. The van der Waals surface area contributed by atoms with Crippen LogP contribution in [0.1, 0.15) is 19.5 Å². The zero-order chi connectivity index (χ0) is 14.0. The predicted molar refractivity (Wildman–Crippen MR) is 73.9 cm³/mol. The Morgan fingerprint density at radius 1 is 1.21 bits per heavy atom. The van der Waals surface area contributed by atoms with Crippen LogP contribution in [-0.2, 0) is 5.54 Å². The standard InChI is InChI=1S/C14H19N3O2/c1-14(2,15)13-8-16-9-17(13)11-6-5-10(18-3)7-12(11)19-4/h5-9H,15H2,1-4H3. The van der Waals surface area contributed by atoms with Crippen molar-refractivity contribution in [1.82, 2.24) is 9.55 Å². The van der Waals surface area contributed by atoms with Gasteiger partial charge in [-0.15, -0.1) is 0 Å². The first-order valence-electron chi connectivity index (χ1n) is 6.01. The zero-order valence-electron chi connectivity index (χ0n) is 11.7. The highest BCUT2D eigenvalue weighted by atomic mass is 16.5. The summed E-state index contributed by atoms with van der Waals surface area (Å²) in [6.07, 6.45) is 3.50. The van der Waals surface area contributed by atoms with E-state index in [1.807, 2.05) is 36.6 Å². The smallest absolute Gasteiger partial charge is 0.146 e. The molecule has 1 aromatic heterocycles. The zero-order valence-corrected chi connectivity index (χ0v) is 11.7. The molecule has 102 valence electrons. The molecule has 0 fully saturated rings. The Hall–Kier alpha value is -2.01. The van der Waals surface area contributed by atoms with Crippen molar-refractivity contribution in [2.24, 2.45) is 5.73 Å². The Kier molecular flexibility index (Phi) is 3.48. The van der Waals surface area contributed by atoms with Crippen molar-refractivity contribution in [2.45, 2.75) is 19.4 Å². The summed E-state index contributed by atoms with van der Waals surface area (Å²) in [7, 11) is 3.25. The summed E-state index contributed by atoms with van der Waals surface area (Å²) in [5.41, 5.74) is 7.47. The summed E-state index contributed by atoms with van der Waals surface area (Å²) in [4.78, 5) is 4.18. The fraction of sp³-hybridized carbons (Fsp3) is 0.357. The Balaban J connectivity index is 2.56. The third-order valence-corrected chi connectivity index (χ3v) is 2.95. The molecular formula is C14H19N3O2. The fourth-order valence-electron chi connectivity index (χ4n) is 1.95. The number of nitrogens with zero attached hydrogens (tertiary/aromatic N) is 2. The van der Waals surface area contributed by atoms with Crippen LogP contribution in [0.2, 0.25) is 0 Å². The first-order valence-corrected chi connectivity index (χ1v) is 6.01. The van der Waals surface area contributed by atoms with E-state index in [0.717, 1.165) is 17.1 Å². The van der Waals surface area contributed by atoms with E-state index in [-0.39, 0.29) is 0 Å². The number of benzene rings is 1. The van der Waals surface area contributed by atoms with Gasteiger partial charge in [0.2, 0.25) is 0 Å². The van der Waals surface area contributed by atoms with Gasteiger partial charge in [0, 0.05) is 6.07 Å². The van der Waals surface area contributed by atoms with Gasteiger partial charge in [-0.2, -0.15) is 0 Å². The second-order valence-electron chi connectivity index (χ2n) is 4.91. The van der Waals surface area contributed by atoms with Crippen molar-refractivity contribution in [3.05, 3.63) is 36.4 Å². The van der Waals surface area contributed by atoms with Crippen LogP contribution in [0.5, 0.6) is 11.5 Å². The minimum absolute atomic E-state index is 0.485. The first kappa shape index (κ1) is 13.4. The largest absolute Gasteiger partial charge is 0.497 e. The summed E-state index contributed by atoms with van der Waals surface area (Å²) >= 11 is 0. The van der Waals surface area contributed by atoms with Crippen molar-refractivity contribution in [1.29, 1.82) is 0 Å². The molecule has 0 amide bonds. The highest BCUT2D eigenvalue weighted by molar-refractivity contribution is 5.52. The van der Waals surface area contributed by atoms with Gasteiger partial charge in [0.05, 0.1) is 43.7 Å². The van der Waals surface area contributed by atoms with E-state index in [1.54, 1.807) is 26.7 Å². The van der Waals surface area contributed by atoms with Gasteiger partial charge in [-0.3, -0.25) is 4.57 Å². The number of imidazole rings is 1. The van der Waals surface area contributed by atoms with Gasteiger partial charge >= 0.3 is 0 Å². The van der Waals surface area contributed by atoms with Crippen molar-refractivity contribution in [3.63, 3.8) is 0 Å². The minimum atomic E-state index is -0.485. The van der Waals surface area contributed by atoms with Crippen molar-refractivity contribution in [3.8, 4) is 17.2 Å². The van der Waals surface area contributed by atoms with Gasteiger partial charge < -0.3 is 15.2 Å². The molecule has 19 heavy (non-hydrogen) atoms. The second kappa shape index (κ2) is 4.93. The fourth-order valence-corrected chi connectivity index (χ4v) is 1.95. The topological polar surface area (TPSA) is 62.3 Å². The molecule has 0 bridgehead atoms. The molecule has 5 heteroatoms. The number of hydrogen-bond acceptors (Lipinski definition) is 4. The van der Waals surface area contributed by atoms with E-state index in [9.17, 15) is 0 Å². The maximum Gasteiger partial charge on any atom is 0.146 e. The molecule has 0 saturated heterocycles. The van der Waals surface area contributed by atoms with Crippen LogP contribution in [-0.4, -0.2) is 23.8 Å². The summed E-state index contributed by atoms with van der Waals surface area (Å²) in [6.45, 7) is 3.88. The van der Waals surface area contributed by atoms with Crippen LogP contribution in [0, 0.1) is 0 Å². The molecule has 2 N–H and O–H groups in total. The molecule has 0 unspecified atom stereocenters. The van der Waals surface area contributed by atoms with Crippen molar-refractivity contribution < 1.29 is 9.47 Å². The summed E-state index contributed by atoms with van der Waals surface area (Å²) in [6, 6.07) is 5.64. The Bertz CT molecular complexity index is 570. The van der Waals surface area contributed by atoms with Crippen LogP contribution >= 0.6 is 0 Å². The summed E-state index contributed by atoms with van der Waals surface area (Å²) in [5.74, 6) is 1.46. The van der Waals surface area contributed by atoms with Gasteiger partial charge in [0.15, 0.2) is 0 Å². The van der Waals surface area contributed by atoms with Gasteiger partial charge in [0.1, 0.15) is 11.5 Å². The molecule has 0 radical (unpaired) electrons. The molecule has 0 aliphatic heterocycles. The van der Waals surface area contributed by atoms with E-state index in [0.29, 0.717) is 5.75 Å². The van der Waals surface area contributed by atoms with E-state index in [1.165, 1.54) is 0 Å². The van der Waals surface area contributed by atoms with Gasteiger partial charge in [-0.1, -0.05) is 0 Å². The van der Waals surface area contributed by atoms with Crippen LogP contribution in [0.4, 0.5) is 0 Å². The van der Waals surface area contributed by atoms with Gasteiger partial charge in [0.25, 0.3) is 0 Å². The molecule has 1 aromatic carbocycles. The predicted octanol–water partition coefficient (Wildman–Crippen LogP) is 2.08. The third-order valence-electron chi connectivity index (χ3n) is 2.95. The Labute approximate surface area is 113 Å². The number of nitrogens with two attached hydrogens (primary N) is 1. The van der Waals surface area contributed by atoms with Gasteiger partial charge in [-0.05, 0) is 26.0 Å². The lowest BCUT2D eigenvalue weighted by atomic mass is 10.0. The average Bonchev–Trinajstić information content (AvgIpc) is 2.86. The van der Waals surface area contributed by atoms with E-state index in [2.05, 4.69) is 4.98 Å². The molecule has 2 rings (SSSR count). The molecule has 5 nitrogen and oxygen atoms in total. The van der Waals surface area contributed by atoms with Crippen LogP contribution in [0.15, 0.2) is 30.7 Å². The van der Waals surface area contributed by atoms with E-state index >= 15 is 0 Å². The van der Waals surface area contributed by atoms with Crippen LogP contribution < -0.4 is 15.2 Å². The highest BCUT2D eigenvalue weighted by Gasteiger charge is 2.21. The number of aromatic nitrogens is 2. The lowest BCUT2D eigenvalue weighted by Gasteiger charge is -2.21. The molecular weight excluding hydrogens is 242 g/mol. The summed E-state index contributed by atoms with van der Waals surface area (Å²) in [5, 5.41) is 0. The lowest BCUT2D eigenvalue weighted by Crippen LogP contribution is -2.31. The highest BCUT2D eigenvalue weighted by Crippen LogP contribution is 2.30. The molecule has 0 atom stereocenters. The second-order valence-corrected chi connectivity index (χ2v) is 4.91. The first-order chi connectivity index (χ1) is 8.97. The number of hydrogen-bond donors (Lipinski definition) is 1. The minimum Gasteiger partial charge on any atom is -0.497 e. The van der Waals surface area contributed by atoms with Crippen molar-refractivity contribution >= 4 is 0 Å². The molecule has 2 aromatic rings. The maximum absolute atomic E-state index is 6.16. The lowest BCUT2D eigenvalue weighted by molar-refractivity contribution is 0.392. The molecule has 0 aliphatic rings. The molecule has 0 aliphatic carbocycles. The quantitative estimate of drug-likeness (QED) is 0.915. The summed E-state index contributed by atoms with van der Waals surface area (Å²) < 4.78 is 12.5. The Morgan fingerprint density at radius 2 is 1.95 bits per heavy atom. The molecule has 1 heterocycles.